The van der Waals surface area contributed by atoms with Crippen molar-refractivity contribution in [3.8, 4) is 0 Å². The normalized spacial score (nSPS) is 11.6. The Morgan fingerprint density at radius 2 is 0.324 bits per heavy atom. The molecule has 68 heavy (non-hydrogen) atoms. The number of esters is 1. The second-order valence-corrected chi connectivity index (χ2v) is 22.8. The van der Waals surface area contributed by atoms with Crippen molar-refractivity contribution in [3.05, 3.63) is 0 Å². The Labute approximate surface area is 432 Å². The highest BCUT2D eigenvalue weighted by atomic mass is 16.5. The molecule has 0 N–H and O–H groups in total. The summed E-state index contributed by atoms with van der Waals surface area (Å²) in [6.07, 6.45) is 87.7. The van der Waals surface area contributed by atoms with E-state index in [9.17, 15) is 4.79 Å². The Hall–Kier alpha value is -0.530. The minimum absolute atomic E-state index is 0.0377. The van der Waals surface area contributed by atoms with Gasteiger partial charge in [-0.15, -0.1) is 0 Å². The standard InChI is InChI=1S/C66H132O2/c1-3-5-7-9-11-13-15-17-19-21-23-25-27-29-31-33-34-35-36-37-38-40-42-44-46-48-50-52-54-56-58-60-62-64-66(67)68-65-63-61-59-57-55-53-51-49-47-45-43-41-39-32-30-28-26-24-22-20-18-16-14-12-10-8-6-4-2/h3-65H2,1-2H3. The van der Waals surface area contributed by atoms with Crippen LogP contribution in [-0.2, 0) is 9.53 Å². The van der Waals surface area contributed by atoms with Crippen molar-refractivity contribution in [2.45, 2.75) is 412 Å². The summed E-state index contributed by atoms with van der Waals surface area (Å²) in [4.78, 5) is 12.1. The average molecular weight is 958 g/mol. The highest BCUT2D eigenvalue weighted by Gasteiger charge is 2.04. The van der Waals surface area contributed by atoms with Crippen molar-refractivity contribution < 1.29 is 9.53 Å². The third-order valence-electron chi connectivity index (χ3n) is 15.7. The van der Waals surface area contributed by atoms with Gasteiger partial charge in [-0.3, -0.25) is 4.79 Å². The molecule has 0 saturated carbocycles. The SMILES string of the molecule is CCCCCCCCCCCCCCCCCCCCCCCCCCCCCCCCCCCC(=O)OCCCCCCCCCCCCCCCCCCCCCCCCCCCCCC. The highest BCUT2D eigenvalue weighted by Crippen LogP contribution is 2.19. The molecule has 0 aromatic heterocycles. The molecule has 0 heterocycles. The molecule has 2 heteroatoms. The molecule has 0 aromatic rings. The van der Waals surface area contributed by atoms with E-state index in [2.05, 4.69) is 13.8 Å². The second kappa shape index (κ2) is 64.5. The third kappa shape index (κ3) is 63.5. The molecule has 0 spiro atoms. The summed E-state index contributed by atoms with van der Waals surface area (Å²) in [5.74, 6) is 0.0377. The molecule has 0 aliphatic rings. The van der Waals surface area contributed by atoms with Crippen LogP contribution in [0, 0.1) is 0 Å². The van der Waals surface area contributed by atoms with Crippen molar-refractivity contribution in [1.82, 2.24) is 0 Å². The molecule has 0 unspecified atom stereocenters. The molecule has 0 bridgehead atoms. The minimum Gasteiger partial charge on any atom is -0.466 e. The lowest BCUT2D eigenvalue weighted by Crippen LogP contribution is -2.05. The summed E-state index contributed by atoms with van der Waals surface area (Å²) >= 11 is 0. The fourth-order valence-corrected chi connectivity index (χ4v) is 10.9. The first-order chi connectivity index (χ1) is 33.8. The van der Waals surface area contributed by atoms with Gasteiger partial charge in [0, 0.05) is 6.42 Å². The van der Waals surface area contributed by atoms with Gasteiger partial charge >= 0.3 is 5.97 Å². The van der Waals surface area contributed by atoms with E-state index in [4.69, 9.17) is 4.74 Å². The molecule has 2 nitrogen and oxygen atoms in total. The van der Waals surface area contributed by atoms with Crippen LogP contribution in [0.25, 0.3) is 0 Å². The molecule has 0 aliphatic heterocycles. The van der Waals surface area contributed by atoms with Crippen molar-refractivity contribution in [3.63, 3.8) is 0 Å². The number of carbonyl (C=O) groups is 1. The van der Waals surface area contributed by atoms with Gasteiger partial charge in [-0.1, -0.05) is 393 Å². The van der Waals surface area contributed by atoms with Crippen LogP contribution in [0.3, 0.4) is 0 Å². The summed E-state index contributed by atoms with van der Waals surface area (Å²) in [5, 5.41) is 0. The summed E-state index contributed by atoms with van der Waals surface area (Å²) in [6, 6.07) is 0. The van der Waals surface area contributed by atoms with Gasteiger partial charge in [-0.25, -0.2) is 0 Å². The fraction of sp³-hybridized carbons (Fsp3) is 0.985. The lowest BCUT2D eigenvalue weighted by Gasteiger charge is -2.06. The van der Waals surface area contributed by atoms with Gasteiger partial charge in [0.2, 0.25) is 0 Å². The van der Waals surface area contributed by atoms with Crippen molar-refractivity contribution in [1.29, 1.82) is 0 Å². The van der Waals surface area contributed by atoms with E-state index < -0.39 is 0 Å². The Morgan fingerprint density at radius 3 is 0.485 bits per heavy atom. The Morgan fingerprint density at radius 1 is 0.191 bits per heavy atom. The molecular weight excluding hydrogens is 825 g/mol. The van der Waals surface area contributed by atoms with Gasteiger partial charge in [-0.2, -0.15) is 0 Å². The van der Waals surface area contributed by atoms with E-state index in [1.54, 1.807) is 0 Å². The summed E-state index contributed by atoms with van der Waals surface area (Å²) < 4.78 is 5.53. The maximum atomic E-state index is 12.1. The van der Waals surface area contributed by atoms with E-state index in [1.807, 2.05) is 0 Å². The molecule has 0 aromatic carbocycles. The first kappa shape index (κ1) is 67.5. The van der Waals surface area contributed by atoms with Crippen LogP contribution >= 0.6 is 0 Å². The van der Waals surface area contributed by atoms with E-state index in [1.165, 1.54) is 379 Å². The molecule has 0 saturated heterocycles. The van der Waals surface area contributed by atoms with E-state index in [0.29, 0.717) is 13.0 Å². The Balaban J connectivity index is 3.14. The molecule has 0 radical (unpaired) electrons. The van der Waals surface area contributed by atoms with Crippen LogP contribution < -0.4 is 0 Å². The third-order valence-corrected chi connectivity index (χ3v) is 15.7. The van der Waals surface area contributed by atoms with E-state index >= 15 is 0 Å². The topological polar surface area (TPSA) is 26.3 Å². The first-order valence-electron chi connectivity index (χ1n) is 33.0. The number of hydrogen-bond acceptors (Lipinski definition) is 2. The average Bonchev–Trinajstić information content (AvgIpc) is 3.35. The largest absolute Gasteiger partial charge is 0.466 e. The van der Waals surface area contributed by atoms with Gasteiger partial charge in [0.15, 0.2) is 0 Å². The van der Waals surface area contributed by atoms with E-state index in [0.717, 1.165) is 12.8 Å². The Bertz CT molecular complexity index is 867. The number of ether oxygens (including phenoxy) is 1. The Kier molecular flexibility index (Phi) is 64.0. The summed E-state index contributed by atoms with van der Waals surface area (Å²) in [6.45, 7) is 5.25. The second-order valence-electron chi connectivity index (χ2n) is 22.8. The molecular formula is C66H132O2. The molecule has 0 rings (SSSR count). The van der Waals surface area contributed by atoms with Gasteiger partial charge in [0.25, 0.3) is 0 Å². The number of hydrogen-bond donors (Lipinski definition) is 0. The van der Waals surface area contributed by atoms with Crippen molar-refractivity contribution >= 4 is 5.97 Å². The molecule has 0 fully saturated rings. The maximum Gasteiger partial charge on any atom is 0.305 e. The van der Waals surface area contributed by atoms with Gasteiger partial charge < -0.3 is 4.74 Å². The summed E-state index contributed by atoms with van der Waals surface area (Å²) in [5.41, 5.74) is 0. The zero-order chi connectivity index (χ0) is 48.8. The lowest BCUT2D eigenvalue weighted by molar-refractivity contribution is -0.143. The van der Waals surface area contributed by atoms with Crippen molar-refractivity contribution in [2.75, 3.05) is 6.61 Å². The number of rotatable bonds is 63. The highest BCUT2D eigenvalue weighted by molar-refractivity contribution is 5.69. The van der Waals surface area contributed by atoms with Crippen LogP contribution in [0.2, 0.25) is 0 Å². The van der Waals surface area contributed by atoms with Crippen molar-refractivity contribution in [2.24, 2.45) is 0 Å². The zero-order valence-corrected chi connectivity index (χ0v) is 47.9. The summed E-state index contributed by atoms with van der Waals surface area (Å²) in [7, 11) is 0. The maximum absolute atomic E-state index is 12.1. The van der Waals surface area contributed by atoms with Gasteiger partial charge in [0.05, 0.1) is 6.61 Å². The zero-order valence-electron chi connectivity index (χ0n) is 47.9. The van der Waals surface area contributed by atoms with Crippen LogP contribution in [0.5, 0.6) is 0 Å². The molecule has 408 valence electrons. The lowest BCUT2D eigenvalue weighted by atomic mass is 10.0. The number of unbranched alkanes of at least 4 members (excludes halogenated alkanes) is 59. The predicted molar refractivity (Wildman–Crippen MR) is 309 cm³/mol. The quantitative estimate of drug-likeness (QED) is 0.0449. The minimum atomic E-state index is 0.0377. The van der Waals surface area contributed by atoms with Gasteiger partial charge in [-0.05, 0) is 12.8 Å². The fourth-order valence-electron chi connectivity index (χ4n) is 10.9. The van der Waals surface area contributed by atoms with Gasteiger partial charge in [0.1, 0.15) is 0 Å². The van der Waals surface area contributed by atoms with Crippen LogP contribution in [0.1, 0.15) is 412 Å². The smallest absolute Gasteiger partial charge is 0.305 e. The molecule has 0 atom stereocenters. The molecule has 0 aliphatic carbocycles. The molecule has 0 amide bonds. The first-order valence-corrected chi connectivity index (χ1v) is 33.0. The van der Waals surface area contributed by atoms with E-state index in [-0.39, 0.29) is 5.97 Å². The monoisotopic (exact) mass is 957 g/mol. The van der Waals surface area contributed by atoms with Crippen LogP contribution in [0.15, 0.2) is 0 Å². The van der Waals surface area contributed by atoms with Crippen LogP contribution in [-0.4, -0.2) is 12.6 Å². The predicted octanol–water partition coefficient (Wildman–Crippen LogP) is 24.8. The number of carbonyl (C=O) groups excluding carboxylic acids is 1. The van der Waals surface area contributed by atoms with Crippen LogP contribution in [0.4, 0.5) is 0 Å².